The van der Waals surface area contributed by atoms with Gasteiger partial charge in [0, 0.05) is 11.1 Å². The largest absolute Gasteiger partial charge is 0.493 e. The molecule has 0 aromatic heterocycles. The first-order valence-electron chi connectivity index (χ1n) is 9.38. The summed E-state index contributed by atoms with van der Waals surface area (Å²) in [6.07, 6.45) is 1.89. The summed E-state index contributed by atoms with van der Waals surface area (Å²) >= 11 is 0. The van der Waals surface area contributed by atoms with Crippen LogP contribution in [0.5, 0.6) is 11.5 Å². The average molecular weight is 417 g/mol. The number of ether oxygens (including phenoxy) is 2. The van der Waals surface area contributed by atoms with E-state index in [1.165, 1.54) is 37.4 Å². The van der Waals surface area contributed by atoms with Crippen LogP contribution in [0.4, 0.5) is 4.39 Å². The van der Waals surface area contributed by atoms with Crippen molar-refractivity contribution in [2.24, 2.45) is 0 Å². The van der Waals surface area contributed by atoms with Crippen LogP contribution >= 0.6 is 0 Å². The van der Waals surface area contributed by atoms with Crippen LogP contribution in [-0.4, -0.2) is 38.0 Å². The lowest BCUT2D eigenvalue weighted by Gasteiger charge is -2.12. The number of unbranched alkanes of at least 4 members (excludes halogenated alkanes) is 1. The molecule has 0 bridgehead atoms. The molecular formula is C21H24FN3O5. The van der Waals surface area contributed by atoms with E-state index in [4.69, 9.17) is 9.47 Å². The summed E-state index contributed by atoms with van der Waals surface area (Å²) in [6, 6.07) is 9.71. The number of hydrogen-bond donors (Lipinski definition) is 3. The normalized spacial score (nSPS) is 10.1. The van der Waals surface area contributed by atoms with Crippen molar-refractivity contribution in [3.8, 4) is 11.5 Å². The summed E-state index contributed by atoms with van der Waals surface area (Å²) in [5.41, 5.74) is 4.77. The molecule has 0 fully saturated rings. The van der Waals surface area contributed by atoms with Crippen LogP contribution in [0.2, 0.25) is 0 Å². The van der Waals surface area contributed by atoms with Crippen molar-refractivity contribution in [1.29, 1.82) is 0 Å². The first-order valence-corrected chi connectivity index (χ1v) is 9.38. The van der Waals surface area contributed by atoms with Gasteiger partial charge in [0.2, 0.25) is 0 Å². The van der Waals surface area contributed by atoms with Gasteiger partial charge in [0.1, 0.15) is 5.82 Å². The third-order valence-electron chi connectivity index (χ3n) is 3.99. The highest BCUT2D eigenvalue weighted by atomic mass is 19.1. The number of carbonyl (C=O) groups excluding carboxylic acids is 3. The molecule has 0 spiro atoms. The van der Waals surface area contributed by atoms with Gasteiger partial charge in [0.05, 0.1) is 20.3 Å². The third kappa shape index (κ3) is 6.77. The lowest BCUT2D eigenvalue weighted by molar-refractivity contribution is -0.120. The molecule has 3 amide bonds. The SMILES string of the molecule is CCCCOc1ccc(C(=O)NNC(=O)CNC(=O)c2cccc(F)c2)cc1OC. The number of rotatable bonds is 9. The maximum absolute atomic E-state index is 13.1. The molecule has 2 aromatic carbocycles. The van der Waals surface area contributed by atoms with Crippen LogP contribution in [0, 0.1) is 5.82 Å². The highest BCUT2D eigenvalue weighted by Gasteiger charge is 2.13. The second-order valence-electron chi connectivity index (χ2n) is 6.26. The topological polar surface area (TPSA) is 106 Å². The molecule has 8 nitrogen and oxygen atoms in total. The van der Waals surface area contributed by atoms with E-state index in [1.54, 1.807) is 6.07 Å². The Morgan fingerprint density at radius 2 is 1.73 bits per heavy atom. The standard InChI is InChI=1S/C21H24FN3O5/c1-3-4-10-30-17-9-8-15(12-18(17)29-2)21(28)25-24-19(26)13-23-20(27)14-6-5-7-16(22)11-14/h5-9,11-12H,3-4,10,13H2,1-2H3,(H,23,27)(H,24,26)(H,25,28). The second kappa shape index (κ2) is 11.4. The van der Waals surface area contributed by atoms with Gasteiger partial charge in [-0.3, -0.25) is 25.2 Å². The lowest BCUT2D eigenvalue weighted by Crippen LogP contribution is -2.46. The van der Waals surface area contributed by atoms with Gasteiger partial charge in [0.15, 0.2) is 11.5 Å². The van der Waals surface area contributed by atoms with Gasteiger partial charge in [0.25, 0.3) is 17.7 Å². The van der Waals surface area contributed by atoms with E-state index in [-0.39, 0.29) is 11.1 Å². The zero-order valence-electron chi connectivity index (χ0n) is 16.8. The van der Waals surface area contributed by atoms with Crippen LogP contribution in [0.3, 0.4) is 0 Å². The van der Waals surface area contributed by atoms with Crippen LogP contribution in [0.25, 0.3) is 0 Å². The maximum atomic E-state index is 13.1. The number of nitrogens with one attached hydrogen (secondary N) is 3. The van der Waals surface area contributed by atoms with Gasteiger partial charge >= 0.3 is 0 Å². The van der Waals surface area contributed by atoms with E-state index in [0.29, 0.717) is 18.1 Å². The summed E-state index contributed by atoms with van der Waals surface area (Å²) in [5.74, 6) is -1.48. The quantitative estimate of drug-likeness (QED) is 0.429. The summed E-state index contributed by atoms with van der Waals surface area (Å²) in [6.45, 7) is 2.19. The Balaban J connectivity index is 1.84. The minimum absolute atomic E-state index is 0.0835. The Morgan fingerprint density at radius 3 is 2.43 bits per heavy atom. The molecule has 0 unspecified atom stereocenters. The number of carbonyl (C=O) groups is 3. The smallest absolute Gasteiger partial charge is 0.269 e. The number of hydrogen-bond acceptors (Lipinski definition) is 5. The van der Waals surface area contributed by atoms with Gasteiger partial charge in [-0.15, -0.1) is 0 Å². The first-order chi connectivity index (χ1) is 14.4. The van der Waals surface area contributed by atoms with E-state index in [2.05, 4.69) is 23.1 Å². The fourth-order valence-corrected chi connectivity index (χ4v) is 2.39. The van der Waals surface area contributed by atoms with E-state index in [0.717, 1.165) is 18.9 Å². The molecule has 30 heavy (non-hydrogen) atoms. The van der Waals surface area contributed by atoms with Crippen LogP contribution in [0.1, 0.15) is 40.5 Å². The molecule has 2 aromatic rings. The molecular weight excluding hydrogens is 393 g/mol. The molecule has 3 N–H and O–H groups in total. The van der Waals surface area contributed by atoms with Crippen molar-refractivity contribution in [3.63, 3.8) is 0 Å². The fourth-order valence-electron chi connectivity index (χ4n) is 2.39. The van der Waals surface area contributed by atoms with Crippen molar-refractivity contribution < 1.29 is 28.2 Å². The molecule has 2 rings (SSSR count). The predicted molar refractivity (Wildman–Crippen MR) is 108 cm³/mol. The Labute approximate surface area is 173 Å². The van der Waals surface area contributed by atoms with Gasteiger partial charge in [-0.05, 0) is 42.8 Å². The molecule has 160 valence electrons. The van der Waals surface area contributed by atoms with Crippen molar-refractivity contribution in [3.05, 3.63) is 59.4 Å². The molecule has 0 saturated carbocycles. The Kier molecular flexibility index (Phi) is 8.61. The molecule has 0 radical (unpaired) electrons. The summed E-state index contributed by atoms with van der Waals surface area (Å²) in [7, 11) is 1.47. The van der Waals surface area contributed by atoms with Gasteiger partial charge < -0.3 is 14.8 Å². The number of benzene rings is 2. The molecule has 9 heteroatoms. The Hall–Kier alpha value is -3.62. The third-order valence-corrected chi connectivity index (χ3v) is 3.99. The Morgan fingerprint density at radius 1 is 0.967 bits per heavy atom. The maximum Gasteiger partial charge on any atom is 0.269 e. The van der Waals surface area contributed by atoms with E-state index in [9.17, 15) is 18.8 Å². The van der Waals surface area contributed by atoms with Gasteiger partial charge in [-0.2, -0.15) is 0 Å². The second-order valence-corrected chi connectivity index (χ2v) is 6.26. The summed E-state index contributed by atoms with van der Waals surface area (Å²) in [4.78, 5) is 36.0. The molecule has 0 atom stereocenters. The first kappa shape index (κ1) is 22.7. The number of amides is 3. The lowest BCUT2D eigenvalue weighted by atomic mass is 10.2. The Bertz CT molecular complexity index is 904. The average Bonchev–Trinajstić information content (AvgIpc) is 2.76. The fraction of sp³-hybridized carbons (Fsp3) is 0.286. The van der Waals surface area contributed by atoms with E-state index in [1.807, 2.05) is 0 Å². The highest BCUT2D eigenvalue weighted by molar-refractivity contribution is 5.98. The molecule has 0 aliphatic carbocycles. The predicted octanol–water partition coefficient (Wildman–Crippen LogP) is 2.20. The van der Waals surface area contributed by atoms with Gasteiger partial charge in [-0.1, -0.05) is 19.4 Å². The van der Waals surface area contributed by atoms with Crippen LogP contribution in [0.15, 0.2) is 42.5 Å². The van der Waals surface area contributed by atoms with Gasteiger partial charge in [-0.25, -0.2) is 4.39 Å². The highest BCUT2D eigenvalue weighted by Crippen LogP contribution is 2.28. The minimum Gasteiger partial charge on any atom is -0.493 e. The zero-order chi connectivity index (χ0) is 21.9. The number of methoxy groups -OCH3 is 1. The monoisotopic (exact) mass is 417 g/mol. The summed E-state index contributed by atoms with van der Waals surface area (Å²) in [5, 5.41) is 2.33. The molecule has 0 aliphatic rings. The molecule has 0 saturated heterocycles. The minimum atomic E-state index is -0.653. The van der Waals surface area contributed by atoms with Crippen LogP contribution < -0.4 is 25.6 Å². The summed E-state index contributed by atoms with van der Waals surface area (Å²) < 4.78 is 24.0. The van der Waals surface area contributed by atoms with Crippen molar-refractivity contribution >= 4 is 17.7 Å². The van der Waals surface area contributed by atoms with Crippen molar-refractivity contribution in [1.82, 2.24) is 16.2 Å². The van der Waals surface area contributed by atoms with Crippen molar-refractivity contribution in [2.75, 3.05) is 20.3 Å². The van der Waals surface area contributed by atoms with E-state index < -0.39 is 30.1 Å². The molecule has 0 aliphatic heterocycles. The van der Waals surface area contributed by atoms with Crippen LogP contribution in [-0.2, 0) is 4.79 Å². The zero-order valence-corrected chi connectivity index (χ0v) is 16.8. The van der Waals surface area contributed by atoms with Crippen molar-refractivity contribution in [2.45, 2.75) is 19.8 Å². The number of halogens is 1. The molecule has 0 heterocycles. The van der Waals surface area contributed by atoms with E-state index >= 15 is 0 Å². The number of hydrazine groups is 1.